The number of nitrogens with one attached hydrogen (secondary N) is 2. The number of phosphoric ester groups is 1. The predicted molar refractivity (Wildman–Crippen MR) is 274 cm³/mol. The van der Waals surface area contributed by atoms with Gasteiger partial charge < -0.3 is 34.4 Å². The minimum atomic E-state index is -5.35. The Kier molecular flexibility index (Phi) is 35.0. The number of H-pyrrole nitrogens is 1. The van der Waals surface area contributed by atoms with Gasteiger partial charge in [0.15, 0.2) is 12.3 Å². The molecule has 5 N–H and O–H groups in total. The van der Waals surface area contributed by atoms with Gasteiger partial charge in [0.1, 0.15) is 24.4 Å². The number of hydrogen-bond donors (Lipinski definition) is 5. The molecule has 406 valence electrons. The molecule has 1 amide bonds. The molecule has 0 bridgehead atoms. The summed E-state index contributed by atoms with van der Waals surface area (Å²) < 4.78 is 36.6. The second-order valence-electron chi connectivity index (χ2n) is 19.8. The van der Waals surface area contributed by atoms with E-state index in [1.165, 1.54) is 116 Å². The van der Waals surface area contributed by atoms with Crippen LogP contribution in [0.5, 0.6) is 0 Å². The molecular weight excluding hydrogens is 918 g/mol. The minimum Gasteiger partial charge on any atom is -0.462 e. The average Bonchev–Trinajstić information content (AvgIpc) is 3.31. The van der Waals surface area contributed by atoms with Crippen molar-refractivity contribution in [2.45, 2.75) is 289 Å². The number of carbonyl (C=O) groups excluding carboxylic acids is 3. The van der Waals surface area contributed by atoms with Crippen molar-refractivity contribution in [3.8, 4) is 0 Å². The summed E-state index contributed by atoms with van der Waals surface area (Å²) in [6, 6.07) is -1.54. The Morgan fingerprint density at radius 3 is 1.54 bits per heavy atom. The zero-order valence-electron chi connectivity index (χ0n) is 43.8. The molecule has 1 aromatic rings. The summed E-state index contributed by atoms with van der Waals surface area (Å²) in [5.74, 6) is -1.84. The number of aliphatic hydroxyl groups excluding tert-OH is 1. The van der Waals surface area contributed by atoms with Crippen LogP contribution < -0.4 is 16.6 Å². The lowest BCUT2D eigenvalue weighted by Gasteiger charge is -2.45. The van der Waals surface area contributed by atoms with Crippen LogP contribution in [0.2, 0.25) is 0 Å². The molecule has 16 nitrogen and oxygen atoms in total. The Balaban J connectivity index is 2.29. The summed E-state index contributed by atoms with van der Waals surface area (Å²) in [6.07, 6.45) is 27.7. The molecule has 1 aromatic heterocycles. The van der Waals surface area contributed by atoms with E-state index >= 15 is 0 Å². The van der Waals surface area contributed by atoms with Crippen LogP contribution in [0.4, 0.5) is 0 Å². The van der Waals surface area contributed by atoms with Crippen LogP contribution in [0.25, 0.3) is 0 Å². The largest absolute Gasteiger partial charge is 0.470 e. The molecule has 6 unspecified atom stereocenters. The number of nitrogens with zero attached hydrogens (tertiary/aromatic N) is 1. The van der Waals surface area contributed by atoms with Gasteiger partial charge in [-0.15, -0.1) is 0 Å². The fourth-order valence-corrected chi connectivity index (χ4v) is 9.89. The first-order valence-corrected chi connectivity index (χ1v) is 29.3. The van der Waals surface area contributed by atoms with E-state index in [0.29, 0.717) is 25.7 Å². The normalized spacial score (nSPS) is 18.7. The van der Waals surface area contributed by atoms with Gasteiger partial charge in [0, 0.05) is 24.6 Å². The van der Waals surface area contributed by atoms with Gasteiger partial charge in [-0.2, -0.15) is 0 Å². The standard InChI is InChI=1S/C53H96N3O13P/c1-5-8-11-14-17-20-22-25-28-31-34-37-46(59)66-43(36-33-30-27-24-19-16-13-10-7-3)39-45(58)54-48-50(68-47(60)38-35-32-29-26-23-21-18-15-12-9-6-2)49(69-70(63,64)65)44(41-57)67-52(48)56-40-42(4)51(61)55-53(56)62/h40,43-44,48-50,52,57H,5-39,41H2,1-4H3,(H,54,58)(H,55,61,62)(H2,63,64,65). The summed E-state index contributed by atoms with van der Waals surface area (Å²) in [5, 5.41) is 13.3. The molecule has 2 rings (SSSR count). The molecule has 0 spiro atoms. The second-order valence-corrected chi connectivity index (χ2v) is 21.0. The highest BCUT2D eigenvalue weighted by atomic mass is 31.2. The van der Waals surface area contributed by atoms with Gasteiger partial charge in [0.25, 0.3) is 5.56 Å². The molecule has 17 heteroatoms. The van der Waals surface area contributed by atoms with E-state index in [-0.39, 0.29) is 24.8 Å². The Morgan fingerprint density at radius 1 is 0.671 bits per heavy atom. The number of hydrogen-bond acceptors (Lipinski definition) is 11. The van der Waals surface area contributed by atoms with Crippen LogP contribution in [0.1, 0.15) is 257 Å². The molecule has 1 aliphatic heterocycles. The first-order chi connectivity index (χ1) is 33.7. The number of amides is 1. The van der Waals surface area contributed by atoms with Crippen molar-refractivity contribution in [1.29, 1.82) is 0 Å². The molecule has 1 aliphatic rings. The van der Waals surface area contributed by atoms with Crippen molar-refractivity contribution in [1.82, 2.24) is 14.9 Å². The van der Waals surface area contributed by atoms with Crippen molar-refractivity contribution < 1.29 is 52.6 Å². The van der Waals surface area contributed by atoms with Gasteiger partial charge in [-0.25, -0.2) is 9.36 Å². The maximum atomic E-state index is 14.3. The molecule has 0 aromatic carbocycles. The number of unbranched alkanes of at least 4 members (excludes halogenated alkanes) is 28. The van der Waals surface area contributed by atoms with Crippen LogP contribution in [-0.4, -0.2) is 79.4 Å². The smallest absolute Gasteiger partial charge is 0.462 e. The number of ether oxygens (including phenoxy) is 3. The summed E-state index contributed by atoms with van der Waals surface area (Å²) in [6.45, 7) is 7.16. The van der Waals surface area contributed by atoms with Crippen molar-refractivity contribution in [3.05, 3.63) is 32.6 Å². The first-order valence-electron chi connectivity index (χ1n) is 27.7. The molecule has 70 heavy (non-hydrogen) atoms. The van der Waals surface area contributed by atoms with Crippen molar-refractivity contribution in [2.75, 3.05) is 6.61 Å². The SMILES string of the molecule is CCCCCCCCCCCCCC(=O)OC(CCCCCCCCCCC)CC(=O)NC1C(OC(=O)CCCCCCCCCCCCC)C(OP(=O)(O)O)C(CO)OC1n1cc(C)c(=O)[nH]c1=O. The zero-order chi connectivity index (χ0) is 51.4. The molecule has 6 atom stereocenters. The average molecular weight is 1010 g/mol. The van der Waals surface area contributed by atoms with E-state index < -0.39 is 80.2 Å². The van der Waals surface area contributed by atoms with Gasteiger partial charge in [-0.1, -0.05) is 201 Å². The minimum absolute atomic E-state index is 0.0558. The highest BCUT2D eigenvalue weighted by Gasteiger charge is 2.52. The number of aliphatic hydroxyl groups is 1. The number of phosphoric acid groups is 1. The Hall–Kier alpha value is -2.88. The van der Waals surface area contributed by atoms with E-state index in [1.807, 2.05) is 0 Å². The molecule has 1 saturated heterocycles. The Morgan fingerprint density at radius 2 is 1.10 bits per heavy atom. The van der Waals surface area contributed by atoms with E-state index in [9.17, 15) is 43.4 Å². The number of aryl methyl sites for hydroxylation is 1. The van der Waals surface area contributed by atoms with Crippen molar-refractivity contribution in [2.24, 2.45) is 0 Å². The summed E-state index contributed by atoms with van der Waals surface area (Å²) in [4.78, 5) is 89.4. The monoisotopic (exact) mass is 1010 g/mol. The number of carbonyl (C=O) groups is 3. The van der Waals surface area contributed by atoms with Crippen molar-refractivity contribution in [3.63, 3.8) is 0 Å². The second kappa shape index (κ2) is 38.7. The Bertz CT molecular complexity index is 1720. The Labute approximate surface area is 420 Å². The third-order valence-electron chi connectivity index (χ3n) is 13.4. The third kappa shape index (κ3) is 28.4. The topological polar surface area (TPSA) is 233 Å². The fourth-order valence-electron chi connectivity index (χ4n) is 9.32. The van der Waals surface area contributed by atoms with Gasteiger partial charge in [0.2, 0.25) is 5.91 Å². The van der Waals surface area contributed by atoms with Gasteiger partial charge >= 0.3 is 25.5 Å². The number of aromatic amines is 1. The summed E-state index contributed by atoms with van der Waals surface area (Å²) in [5.41, 5.74) is -1.53. The van der Waals surface area contributed by atoms with Gasteiger partial charge in [-0.3, -0.25) is 33.3 Å². The lowest BCUT2D eigenvalue weighted by molar-refractivity contribution is -0.225. The predicted octanol–water partition coefficient (Wildman–Crippen LogP) is 11.2. The van der Waals surface area contributed by atoms with Crippen LogP contribution in [0.15, 0.2) is 15.8 Å². The summed E-state index contributed by atoms with van der Waals surface area (Å²) >= 11 is 0. The molecule has 0 aliphatic carbocycles. The quantitative estimate of drug-likeness (QED) is 0.0233. The maximum absolute atomic E-state index is 14.3. The van der Waals surface area contributed by atoms with Crippen LogP contribution in [0, 0.1) is 6.92 Å². The highest BCUT2D eigenvalue weighted by molar-refractivity contribution is 7.46. The van der Waals surface area contributed by atoms with E-state index in [4.69, 9.17) is 18.7 Å². The lowest BCUT2D eigenvalue weighted by Crippen LogP contribution is -2.65. The van der Waals surface area contributed by atoms with E-state index in [2.05, 4.69) is 31.1 Å². The van der Waals surface area contributed by atoms with Gasteiger partial charge in [-0.05, 0) is 32.6 Å². The van der Waals surface area contributed by atoms with Gasteiger partial charge in [0.05, 0.1) is 13.0 Å². The first kappa shape index (κ1) is 63.2. The van der Waals surface area contributed by atoms with Crippen molar-refractivity contribution >= 4 is 25.7 Å². The fraction of sp³-hybridized carbons (Fsp3) is 0.868. The van der Waals surface area contributed by atoms with Crippen LogP contribution in [0.3, 0.4) is 0 Å². The number of esters is 2. The summed E-state index contributed by atoms with van der Waals surface area (Å²) in [7, 11) is -5.35. The maximum Gasteiger partial charge on any atom is 0.470 e. The molecule has 0 radical (unpaired) electrons. The highest BCUT2D eigenvalue weighted by Crippen LogP contribution is 2.43. The van der Waals surface area contributed by atoms with E-state index in [1.54, 1.807) is 0 Å². The van der Waals surface area contributed by atoms with Crippen LogP contribution in [-0.2, 0) is 37.7 Å². The molecular formula is C53H96N3O13P. The third-order valence-corrected chi connectivity index (χ3v) is 13.9. The van der Waals surface area contributed by atoms with Crippen LogP contribution >= 0.6 is 7.82 Å². The molecule has 2 heterocycles. The number of aromatic nitrogens is 2. The molecule has 0 saturated carbocycles. The zero-order valence-corrected chi connectivity index (χ0v) is 44.7. The lowest BCUT2D eigenvalue weighted by atomic mass is 9.94. The molecule has 1 fully saturated rings. The number of rotatable bonds is 43. The van der Waals surface area contributed by atoms with E-state index in [0.717, 1.165) is 81.6 Å².